The summed E-state index contributed by atoms with van der Waals surface area (Å²) in [6.45, 7) is 6.80. The SMILES string of the molecule is CCCCCCCCCCCCCCCC(CC)(CC)c1nnn[nH]1. The average Bonchev–Trinajstić information content (AvgIpc) is 3.18. The van der Waals surface area contributed by atoms with Crippen molar-refractivity contribution in [2.45, 2.75) is 129 Å². The fourth-order valence-electron chi connectivity index (χ4n) is 3.92. The molecule has 4 heteroatoms. The Morgan fingerprint density at radius 1 is 0.680 bits per heavy atom. The van der Waals surface area contributed by atoms with Gasteiger partial charge in [-0.3, -0.25) is 0 Å². The molecule has 0 aliphatic heterocycles. The number of nitrogens with one attached hydrogen (secondary N) is 1. The average molecular weight is 351 g/mol. The number of rotatable bonds is 17. The number of tetrazole rings is 1. The van der Waals surface area contributed by atoms with Gasteiger partial charge in [0, 0.05) is 5.41 Å². The number of aromatic nitrogens is 4. The smallest absolute Gasteiger partial charge is 0.154 e. The number of aromatic amines is 1. The lowest BCUT2D eigenvalue weighted by Gasteiger charge is -2.28. The van der Waals surface area contributed by atoms with Crippen molar-refractivity contribution in [3.63, 3.8) is 0 Å². The van der Waals surface area contributed by atoms with E-state index in [1.54, 1.807) is 0 Å². The van der Waals surface area contributed by atoms with E-state index in [2.05, 4.69) is 41.4 Å². The van der Waals surface area contributed by atoms with Gasteiger partial charge < -0.3 is 0 Å². The predicted octanol–water partition coefficient (Wildman–Crippen LogP) is 6.74. The van der Waals surface area contributed by atoms with E-state index in [1.165, 1.54) is 89.9 Å². The summed E-state index contributed by atoms with van der Waals surface area (Å²) in [7, 11) is 0. The number of unbranched alkanes of at least 4 members (excludes halogenated alkanes) is 12. The Labute approximate surface area is 156 Å². The molecule has 4 nitrogen and oxygen atoms in total. The first kappa shape index (κ1) is 22.1. The molecule has 0 saturated heterocycles. The Balaban J connectivity index is 1.99. The number of nitrogens with zero attached hydrogens (tertiary/aromatic N) is 3. The molecule has 0 bridgehead atoms. The van der Waals surface area contributed by atoms with Gasteiger partial charge in [-0.2, -0.15) is 0 Å². The maximum absolute atomic E-state index is 4.19. The Morgan fingerprint density at radius 2 is 1.16 bits per heavy atom. The Kier molecular flexibility index (Phi) is 12.6. The summed E-state index contributed by atoms with van der Waals surface area (Å²) in [6.07, 6.45) is 21.7. The highest BCUT2D eigenvalue weighted by Gasteiger charge is 2.31. The highest BCUT2D eigenvalue weighted by Crippen LogP contribution is 2.34. The van der Waals surface area contributed by atoms with Crippen molar-refractivity contribution in [1.82, 2.24) is 20.6 Å². The molecule has 0 amide bonds. The molecule has 0 fully saturated rings. The summed E-state index contributed by atoms with van der Waals surface area (Å²) in [6, 6.07) is 0. The van der Waals surface area contributed by atoms with Crippen LogP contribution in [0.5, 0.6) is 0 Å². The van der Waals surface area contributed by atoms with Crippen molar-refractivity contribution in [3.05, 3.63) is 5.82 Å². The molecule has 0 unspecified atom stereocenters. The van der Waals surface area contributed by atoms with E-state index in [-0.39, 0.29) is 5.41 Å². The molecule has 0 radical (unpaired) electrons. The Morgan fingerprint density at radius 3 is 1.56 bits per heavy atom. The second kappa shape index (κ2) is 14.3. The lowest BCUT2D eigenvalue weighted by molar-refractivity contribution is 0.329. The summed E-state index contributed by atoms with van der Waals surface area (Å²) >= 11 is 0. The number of H-pyrrole nitrogens is 1. The van der Waals surface area contributed by atoms with E-state index in [9.17, 15) is 0 Å². The van der Waals surface area contributed by atoms with Crippen LogP contribution in [-0.4, -0.2) is 20.6 Å². The summed E-state index contributed by atoms with van der Waals surface area (Å²) in [5, 5.41) is 14.8. The molecule has 1 rings (SSSR count). The normalized spacial score (nSPS) is 12.0. The topological polar surface area (TPSA) is 54.5 Å². The Hall–Kier alpha value is -0.930. The van der Waals surface area contributed by atoms with E-state index in [0.29, 0.717) is 0 Å². The molecule has 1 aromatic heterocycles. The molecule has 1 heterocycles. The fourth-order valence-corrected chi connectivity index (χ4v) is 3.92. The summed E-state index contributed by atoms with van der Waals surface area (Å²) in [4.78, 5) is 0. The zero-order valence-electron chi connectivity index (χ0n) is 17.2. The summed E-state index contributed by atoms with van der Waals surface area (Å²) in [5.41, 5.74) is 0.154. The highest BCUT2D eigenvalue weighted by molar-refractivity contribution is 5.03. The molecular formula is C21H42N4. The molecule has 0 spiro atoms. The van der Waals surface area contributed by atoms with Gasteiger partial charge in [0.25, 0.3) is 0 Å². The van der Waals surface area contributed by atoms with Gasteiger partial charge in [-0.05, 0) is 29.7 Å². The number of hydrogen-bond donors (Lipinski definition) is 1. The zero-order chi connectivity index (χ0) is 18.2. The van der Waals surface area contributed by atoms with Gasteiger partial charge in [-0.1, -0.05) is 104 Å². The third kappa shape index (κ3) is 8.82. The molecule has 25 heavy (non-hydrogen) atoms. The van der Waals surface area contributed by atoms with Crippen LogP contribution in [0, 0.1) is 0 Å². The van der Waals surface area contributed by atoms with E-state index in [4.69, 9.17) is 0 Å². The van der Waals surface area contributed by atoms with Crippen LogP contribution < -0.4 is 0 Å². The van der Waals surface area contributed by atoms with Crippen LogP contribution in [0.1, 0.15) is 129 Å². The first-order valence-corrected chi connectivity index (χ1v) is 11.0. The van der Waals surface area contributed by atoms with Gasteiger partial charge in [0.05, 0.1) is 0 Å². The van der Waals surface area contributed by atoms with Crippen molar-refractivity contribution in [1.29, 1.82) is 0 Å². The van der Waals surface area contributed by atoms with E-state index in [1.807, 2.05) is 0 Å². The van der Waals surface area contributed by atoms with Crippen molar-refractivity contribution in [2.24, 2.45) is 0 Å². The van der Waals surface area contributed by atoms with E-state index < -0.39 is 0 Å². The van der Waals surface area contributed by atoms with Gasteiger partial charge in [-0.25, -0.2) is 5.10 Å². The highest BCUT2D eigenvalue weighted by atomic mass is 15.5. The second-order valence-corrected chi connectivity index (χ2v) is 7.73. The maximum Gasteiger partial charge on any atom is 0.154 e. The lowest BCUT2D eigenvalue weighted by atomic mass is 9.77. The second-order valence-electron chi connectivity index (χ2n) is 7.73. The molecule has 0 aromatic carbocycles. The molecular weight excluding hydrogens is 308 g/mol. The third-order valence-electron chi connectivity index (χ3n) is 5.96. The van der Waals surface area contributed by atoms with Gasteiger partial charge in [0.1, 0.15) is 0 Å². The minimum Gasteiger partial charge on any atom is -0.242 e. The first-order chi connectivity index (χ1) is 12.3. The first-order valence-electron chi connectivity index (χ1n) is 11.0. The minimum absolute atomic E-state index is 0.154. The quantitative estimate of drug-likeness (QED) is 0.316. The standard InChI is InChI=1S/C21H42N4/c1-4-7-8-9-10-11-12-13-14-15-16-17-18-19-21(5-2,6-3)20-22-24-25-23-20/h4-19H2,1-3H3,(H,22,23,24,25). The van der Waals surface area contributed by atoms with Gasteiger partial charge >= 0.3 is 0 Å². The van der Waals surface area contributed by atoms with Crippen molar-refractivity contribution in [2.75, 3.05) is 0 Å². The third-order valence-corrected chi connectivity index (χ3v) is 5.96. The summed E-state index contributed by atoms with van der Waals surface area (Å²) in [5.74, 6) is 0.983. The van der Waals surface area contributed by atoms with Crippen LogP contribution in [0.15, 0.2) is 0 Å². The fraction of sp³-hybridized carbons (Fsp3) is 0.952. The van der Waals surface area contributed by atoms with Gasteiger partial charge in [0.15, 0.2) is 5.82 Å². The lowest BCUT2D eigenvalue weighted by Crippen LogP contribution is -2.26. The zero-order valence-corrected chi connectivity index (χ0v) is 17.2. The monoisotopic (exact) mass is 350 g/mol. The van der Waals surface area contributed by atoms with Crippen LogP contribution in [0.25, 0.3) is 0 Å². The van der Waals surface area contributed by atoms with E-state index >= 15 is 0 Å². The van der Waals surface area contributed by atoms with Crippen LogP contribution in [0.4, 0.5) is 0 Å². The van der Waals surface area contributed by atoms with Crippen LogP contribution in [0.2, 0.25) is 0 Å². The van der Waals surface area contributed by atoms with E-state index in [0.717, 1.165) is 18.7 Å². The molecule has 0 aliphatic carbocycles. The molecule has 1 N–H and O–H groups in total. The number of hydrogen-bond acceptors (Lipinski definition) is 3. The largest absolute Gasteiger partial charge is 0.242 e. The van der Waals surface area contributed by atoms with Crippen molar-refractivity contribution < 1.29 is 0 Å². The molecule has 146 valence electrons. The molecule has 0 atom stereocenters. The predicted molar refractivity (Wildman–Crippen MR) is 107 cm³/mol. The summed E-state index contributed by atoms with van der Waals surface area (Å²) < 4.78 is 0. The Bertz CT molecular complexity index is 385. The van der Waals surface area contributed by atoms with Gasteiger partial charge in [0.2, 0.25) is 0 Å². The molecule has 1 aromatic rings. The van der Waals surface area contributed by atoms with Crippen LogP contribution in [-0.2, 0) is 5.41 Å². The van der Waals surface area contributed by atoms with Crippen molar-refractivity contribution in [3.8, 4) is 0 Å². The molecule has 0 aliphatic rings. The van der Waals surface area contributed by atoms with Crippen molar-refractivity contribution >= 4 is 0 Å². The maximum atomic E-state index is 4.19. The minimum atomic E-state index is 0.154. The van der Waals surface area contributed by atoms with Crippen LogP contribution >= 0.6 is 0 Å². The van der Waals surface area contributed by atoms with Gasteiger partial charge in [-0.15, -0.1) is 5.10 Å². The molecule has 0 saturated carbocycles. The van der Waals surface area contributed by atoms with Crippen LogP contribution in [0.3, 0.4) is 0 Å².